The van der Waals surface area contributed by atoms with Gasteiger partial charge in [-0.1, -0.05) is 35.9 Å². The second kappa shape index (κ2) is 7.20. The van der Waals surface area contributed by atoms with Crippen molar-refractivity contribution >= 4 is 23.3 Å². The highest BCUT2D eigenvalue weighted by Crippen LogP contribution is 2.26. The Morgan fingerprint density at radius 1 is 1.18 bits per heavy atom. The molecule has 0 aliphatic heterocycles. The Kier molecular flexibility index (Phi) is 5.30. The highest BCUT2D eigenvalue weighted by Gasteiger charge is 2.22. The third-order valence-electron chi connectivity index (χ3n) is 3.29. The summed E-state index contributed by atoms with van der Waals surface area (Å²) in [5.41, 5.74) is 7.22. The standard InChI is InChI=1S/C16H19N3O2S/c1-10-5-7-12(8-6-10)14(13-4-3-9-22-13)18-11(2)15(20)19-16(17)21/h3-9,11,14,18H,1-2H3,(H3,17,19,20,21)/t11-,14+/m1/s1. The lowest BCUT2D eigenvalue weighted by atomic mass is 10.0. The fourth-order valence-electron chi connectivity index (χ4n) is 2.11. The highest BCUT2D eigenvalue weighted by atomic mass is 32.1. The topological polar surface area (TPSA) is 84.2 Å². The van der Waals surface area contributed by atoms with E-state index in [4.69, 9.17) is 5.73 Å². The third-order valence-corrected chi connectivity index (χ3v) is 4.23. The lowest BCUT2D eigenvalue weighted by molar-refractivity contribution is -0.121. The lowest BCUT2D eigenvalue weighted by Gasteiger charge is -2.22. The first-order chi connectivity index (χ1) is 10.5. The first kappa shape index (κ1) is 16.2. The van der Waals surface area contributed by atoms with Gasteiger partial charge in [0, 0.05) is 4.88 Å². The number of primary amides is 1. The van der Waals surface area contributed by atoms with E-state index in [1.54, 1.807) is 18.3 Å². The molecule has 0 saturated heterocycles. The van der Waals surface area contributed by atoms with Crippen LogP contribution in [0.4, 0.5) is 4.79 Å². The van der Waals surface area contributed by atoms with Gasteiger partial charge in [0.05, 0.1) is 12.1 Å². The van der Waals surface area contributed by atoms with Crippen molar-refractivity contribution in [3.63, 3.8) is 0 Å². The minimum atomic E-state index is -0.846. The van der Waals surface area contributed by atoms with E-state index in [0.717, 1.165) is 10.4 Å². The summed E-state index contributed by atoms with van der Waals surface area (Å²) in [7, 11) is 0. The number of carbonyl (C=O) groups is 2. The SMILES string of the molecule is Cc1ccc([C@H](N[C@H](C)C(=O)NC(N)=O)c2cccs2)cc1. The zero-order valence-corrected chi connectivity index (χ0v) is 13.3. The minimum Gasteiger partial charge on any atom is -0.351 e. The summed E-state index contributed by atoms with van der Waals surface area (Å²) in [5, 5.41) is 7.34. The van der Waals surface area contributed by atoms with E-state index in [1.807, 2.05) is 48.7 Å². The molecule has 0 fully saturated rings. The van der Waals surface area contributed by atoms with Crippen LogP contribution in [0.2, 0.25) is 0 Å². The molecule has 4 N–H and O–H groups in total. The first-order valence-electron chi connectivity index (χ1n) is 6.93. The monoisotopic (exact) mass is 317 g/mol. The zero-order valence-electron chi connectivity index (χ0n) is 12.5. The van der Waals surface area contributed by atoms with Crippen LogP contribution in [0.15, 0.2) is 41.8 Å². The van der Waals surface area contributed by atoms with Crippen LogP contribution < -0.4 is 16.4 Å². The summed E-state index contributed by atoms with van der Waals surface area (Å²) in [6, 6.07) is 10.6. The number of nitrogens with two attached hydrogens (primary N) is 1. The van der Waals surface area contributed by atoms with Gasteiger partial charge in [-0.15, -0.1) is 11.3 Å². The Hall–Kier alpha value is -2.18. The van der Waals surface area contributed by atoms with E-state index in [9.17, 15) is 9.59 Å². The molecule has 0 bridgehead atoms. The van der Waals surface area contributed by atoms with Gasteiger partial charge in [-0.05, 0) is 30.9 Å². The molecule has 0 aliphatic carbocycles. The van der Waals surface area contributed by atoms with E-state index in [0.29, 0.717) is 0 Å². The lowest BCUT2D eigenvalue weighted by Crippen LogP contribution is -2.47. The maximum Gasteiger partial charge on any atom is 0.318 e. The van der Waals surface area contributed by atoms with Gasteiger partial charge >= 0.3 is 6.03 Å². The van der Waals surface area contributed by atoms with Crippen LogP contribution in [0.3, 0.4) is 0 Å². The number of imide groups is 1. The molecule has 2 aromatic rings. The third kappa shape index (κ3) is 4.16. The van der Waals surface area contributed by atoms with E-state index in [1.165, 1.54) is 5.56 Å². The van der Waals surface area contributed by atoms with Gasteiger partial charge < -0.3 is 5.73 Å². The molecule has 116 valence electrons. The maximum atomic E-state index is 11.9. The normalized spacial score (nSPS) is 13.4. The molecule has 1 aromatic carbocycles. The zero-order chi connectivity index (χ0) is 16.1. The number of urea groups is 1. The molecule has 1 heterocycles. The van der Waals surface area contributed by atoms with E-state index < -0.39 is 18.0 Å². The van der Waals surface area contributed by atoms with Crippen molar-refractivity contribution in [3.8, 4) is 0 Å². The molecule has 2 atom stereocenters. The second-order valence-electron chi connectivity index (χ2n) is 5.10. The predicted molar refractivity (Wildman–Crippen MR) is 87.7 cm³/mol. The number of hydrogen-bond donors (Lipinski definition) is 3. The molecule has 0 saturated carbocycles. The Balaban J connectivity index is 2.21. The quantitative estimate of drug-likeness (QED) is 0.791. The van der Waals surface area contributed by atoms with Crippen LogP contribution in [0.1, 0.15) is 29.0 Å². The average molecular weight is 317 g/mol. The molecule has 0 unspecified atom stereocenters. The number of benzene rings is 1. The van der Waals surface area contributed by atoms with E-state index in [2.05, 4.69) is 10.6 Å². The van der Waals surface area contributed by atoms with E-state index in [-0.39, 0.29) is 6.04 Å². The number of aryl methyl sites for hydroxylation is 1. The summed E-state index contributed by atoms with van der Waals surface area (Å²) in [4.78, 5) is 23.8. The smallest absolute Gasteiger partial charge is 0.318 e. The van der Waals surface area contributed by atoms with Crippen molar-refractivity contribution in [1.82, 2.24) is 10.6 Å². The summed E-state index contributed by atoms with van der Waals surface area (Å²) < 4.78 is 0. The average Bonchev–Trinajstić information content (AvgIpc) is 2.98. The number of rotatable bonds is 5. The van der Waals surface area contributed by atoms with Crippen molar-refractivity contribution in [3.05, 3.63) is 57.8 Å². The fourth-order valence-corrected chi connectivity index (χ4v) is 2.92. The van der Waals surface area contributed by atoms with Gasteiger partial charge in [0.15, 0.2) is 0 Å². The summed E-state index contributed by atoms with van der Waals surface area (Å²) in [6.07, 6.45) is 0. The number of carbonyl (C=O) groups excluding carboxylic acids is 2. The largest absolute Gasteiger partial charge is 0.351 e. The number of hydrogen-bond acceptors (Lipinski definition) is 4. The van der Waals surface area contributed by atoms with Crippen LogP contribution in [0.25, 0.3) is 0 Å². The van der Waals surface area contributed by atoms with Gasteiger partial charge in [-0.2, -0.15) is 0 Å². The van der Waals surface area contributed by atoms with Crippen molar-refractivity contribution < 1.29 is 9.59 Å². The minimum absolute atomic E-state index is 0.116. The Bertz CT molecular complexity index is 638. The van der Waals surface area contributed by atoms with Crippen molar-refractivity contribution in [2.45, 2.75) is 25.9 Å². The fraction of sp³-hybridized carbons (Fsp3) is 0.250. The van der Waals surface area contributed by atoms with Crippen LogP contribution in [0, 0.1) is 6.92 Å². The summed E-state index contributed by atoms with van der Waals surface area (Å²) in [5.74, 6) is -0.443. The van der Waals surface area contributed by atoms with Crippen molar-refractivity contribution in [1.29, 1.82) is 0 Å². The first-order valence-corrected chi connectivity index (χ1v) is 7.81. The summed E-state index contributed by atoms with van der Waals surface area (Å²) in [6.45, 7) is 3.73. The molecule has 22 heavy (non-hydrogen) atoms. The molecule has 6 heteroatoms. The molecule has 0 aliphatic rings. The van der Waals surface area contributed by atoms with Crippen LogP contribution in [0.5, 0.6) is 0 Å². The molecule has 5 nitrogen and oxygen atoms in total. The van der Waals surface area contributed by atoms with Gasteiger partial charge in [0.2, 0.25) is 5.91 Å². The van der Waals surface area contributed by atoms with Gasteiger partial charge in [0.1, 0.15) is 0 Å². The Morgan fingerprint density at radius 2 is 1.86 bits per heavy atom. The van der Waals surface area contributed by atoms with E-state index >= 15 is 0 Å². The molecule has 1 aromatic heterocycles. The second-order valence-corrected chi connectivity index (χ2v) is 6.08. The number of nitrogens with one attached hydrogen (secondary N) is 2. The molecule has 0 spiro atoms. The van der Waals surface area contributed by atoms with Crippen LogP contribution in [-0.2, 0) is 4.79 Å². The van der Waals surface area contributed by atoms with Gasteiger partial charge in [0.25, 0.3) is 0 Å². The molecule has 2 rings (SSSR count). The highest BCUT2D eigenvalue weighted by molar-refractivity contribution is 7.10. The molecule has 3 amide bonds. The maximum absolute atomic E-state index is 11.9. The van der Waals surface area contributed by atoms with Crippen molar-refractivity contribution in [2.24, 2.45) is 5.73 Å². The van der Waals surface area contributed by atoms with Crippen LogP contribution in [-0.4, -0.2) is 18.0 Å². The Morgan fingerprint density at radius 3 is 2.41 bits per heavy atom. The number of thiophene rings is 1. The van der Waals surface area contributed by atoms with Gasteiger partial charge in [-0.3, -0.25) is 15.4 Å². The predicted octanol–water partition coefficient (Wildman–Crippen LogP) is 2.32. The number of amides is 3. The summed E-state index contributed by atoms with van der Waals surface area (Å²) >= 11 is 1.61. The molecular weight excluding hydrogens is 298 g/mol. The molecule has 0 radical (unpaired) electrons. The van der Waals surface area contributed by atoms with Crippen LogP contribution >= 0.6 is 11.3 Å². The van der Waals surface area contributed by atoms with Crippen molar-refractivity contribution in [2.75, 3.05) is 0 Å². The molecular formula is C16H19N3O2S. The van der Waals surface area contributed by atoms with Gasteiger partial charge in [-0.25, -0.2) is 4.79 Å². The Labute approximate surface area is 133 Å².